The molecule has 1 aromatic carbocycles. The lowest BCUT2D eigenvalue weighted by molar-refractivity contribution is -0.119. The van der Waals surface area contributed by atoms with E-state index in [4.69, 9.17) is 11.6 Å². The third-order valence-corrected chi connectivity index (χ3v) is 3.09. The average molecular weight is 239 g/mol. The maximum absolute atomic E-state index is 11.1. The fourth-order valence-electron chi connectivity index (χ4n) is 2.15. The van der Waals surface area contributed by atoms with Gasteiger partial charge in [0.05, 0.1) is 16.8 Å². The molecule has 0 saturated carbocycles. The summed E-state index contributed by atoms with van der Waals surface area (Å²) in [4.78, 5) is 11.1. The van der Waals surface area contributed by atoms with Crippen LogP contribution >= 0.6 is 11.6 Å². The highest BCUT2D eigenvalue weighted by atomic mass is 35.5. The zero-order chi connectivity index (χ0) is 11.7. The lowest BCUT2D eigenvalue weighted by Gasteiger charge is -2.32. The van der Waals surface area contributed by atoms with Crippen molar-refractivity contribution in [3.63, 3.8) is 0 Å². The smallest absolute Gasteiger partial charge is 0.217 e. The Morgan fingerprint density at radius 3 is 3.00 bits per heavy atom. The molecule has 1 aliphatic rings. The number of para-hydroxylation sites is 1. The Labute approximate surface area is 100 Å². The van der Waals surface area contributed by atoms with E-state index in [1.54, 1.807) is 0 Å². The Morgan fingerprint density at radius 2 is 2.31 bits per heavy atom. The molecule has 0 saturated heterocycles. The maximum Gasteiger partial charge on any atom is 0.217 e. The monoisotopic (exact) mass is 238 g/mol. The van der Waals surface area contributed by atoms with Crippen molar-refractivity contribution in [3.05, 3.63) is 28.8 Å². The lowest BCUT2D eigenvalue weighted by atomic mass is 9.93. The first-order valence-electron chi connectivity index (χ1n) is 5.40. The van der Waals surface area contributed by atoms with E-state index < -0.39 is 0 Å². The standard InChI is InChI=1S/C12H15ClN2O/c1-7-6-11(15-8(2)16)9-4-3-5-10(13)12(9)14-7/h3-5,7,11,14H,6H2,1-2H3,(H,15,16)/t7-,11+/m1/s1. The zero-order valence-corrected chi connectivity index (χ0v) is 10.1. The Hall–Kier alpha value is -1.22. The molecular weight excluding hydrogens is 224 g/mol. The molecule has 0 fully saturated rings. The Bertz CT molecular complexity index is 419. The SMILES string of the molecule is CC(=O)N[C@H]1C[C@@H](C)Nc2c(Cl)cccc21. The van der Waals surface area contributed by atoms with E-state index in [0.29, 0.717) is 11.1 Å². The predicted octanol–water partition coefficient (Wildman–Crippen LogP) is 2.72. The highest BCUT2D eigenvalue weighted by Crippen LogP contribution is 2.37. The molecule has 1 aromatic rings. The number of hydrogen-bond acceptors (Lipinski definition) is 2. The number of carbonyl (C=O) groups excluding carboxylic acids is 1. The van der Waals surface area contributed by atoms with Gasteiger partial charge in [-0.25, -0.2) is 0 Å². The minimum absolute atomic E-state index is 0.00924. The van der Waals surface area contributed by atoms with Crippen LogP contribution in [0.3, 0.4) is 0 Å². The van der Waals surface area contributed by atoms with Crippen molar-refractivity contribution in [1.29, 1.82) is 0 Å². The number of benzene rings is 1. The third-order valence-electron chi connectivity index (χ3n) is 2.78. The first-order chi connectivity index (χ1) is 7.58. The van der Waals surface area contributed by atoms with E-state index >= 15 is 0 Å². The fraction of sp³-hybridized carbons (Fsp3) is 0.417. The van der Waals surface area contributed by atoms with Crippen molar-refractivity contribution in [1.82, 2.24) is 5.32 Å². The summed E-state index contributed by atoms with van der Waals surface area (Å²) in [6.45, 7) is 3.62. The molecule has 1 aliphatic heterocycles. The highest BCUT2D eigenvalue weighted by Gasteiger charge is 2.25. The van der Waals surface area contributed by atoms with Crippen LogP contribution in [0.2, 0.25) is 5.02 Å². The number of rotatable bonds is 1. The van der Waals surface area contributed by atoms with Crippen molar-refractivity contribution in [3.8, 4) is 0 Å². The minimum Gasteiger partial charge on any atom is -0.381 e. The van der Waals surface area contributed by atoms with Crippen LogP contribution in [-0.2, 0) is 4.79 Å². The molecule has 4 heteroatoms. The molecular formula is C12H15ClN2O. The number of hydrogen-bond donors (Lipinski definition) is 2. The highest BCUT2D eigenvalue weighted by molar-refractivity contribution is 6.33. The van der Waals surface area contributed by atoms with Gasteiger partial charge in [0.2, 0.25) is 5.91 Å². The van der Waals surface area contributed by atoms with Crippen molar-refractivity contribution >= 4 is 23.2 Å². The van der Waals surface area contributed by atoms with Gasteiger partial charge in [0.1, 0.15) is 0 Å². The van der Waals surface area contributed by atoms with Gasteiger partial charge in [-0.05, 0) is 25.0 Å². The zero-order valence-electron chi connectivity index (χ0n) is 9.38. The average Bonchev–Trinajstić information content (AvgIpc) is 2.18. The minimum atomic E-state index is -0.00924. The number of carbonyl (C=O) groups is 1. The summed E-state index contributed by atoms with van der Waals surface area (Å²) in [5.74, 6) is -0.00924. The second-order valence-electron chi connectivity index (χ2n) is 4.24. The largest absolute Gasteiger partial charge is 0.381 e. The van der Waals surface area contributed by atoms with Crippen molar-refractivity contribution in [2.45, 2.75) is 32.4 Å². The summed E-state index contributed by atoms with van der Waals surface area (Å²) < 4.78 is 0. The topological polar surface area (TPSA) is 41.1 Å². The van der Waals surface area contributed by atoms with Gasteiger partial charge in [-0.1, -0.05) is 23.7 Å². The van der Waals surface area contributed by atoms with Crippen molar-refractivity contribution in [2.75, 3.05) is 5.32 Å². The number of fused-ring (bicyclic) bond motifs is 1. The Balaban J connectivity index is 2.38. The molecule has 0 aliphatic carbocycles. The second-order valence-corrected chi connectivity index (χ2v) is 4.65. The van der Waals surface area contributed by atoms with Gasteiger partial charge in [0.25, 0.3) is 0 Å². The number of amides is 1. The molecule has 1 heterocycles. The van der Waals surface area contributed by atoms with E-state index in [1.165, 1.54) is 6.92 Å². The summed E-state index contributed by atoms with van der Waals surface area (Å²) >= 11 is 6.13. The van der Waals surface area contributed by atoms with Crippen molar-refractivity contribution < 1.29 is 4.79 Å². The van der Waals surface area contributed by atoms with Crippen LogP contribution in [0.15, 0.2) is 18.2 Å². The van der Waals surface area contributed by atoms with Crippen LogP contribution in [0.25, 0.3) is 0 Å². The molecule has 0 unspecified atom stereocenters. The van der Waals surface area contributed by atoms with E-state index in [0.717, 1.165) is 17.7 Å². The second kappa shape index (κ2) is 4.34. The molecule has 86 valence electrons. The molecule has 0 spiro atoms. The van der Waals surface area contributed by atoms with Gasteiger partial charge in [-0.2, -0.15) is 0 Å². The van der Waals surface area contributed by atoms with Crippen LogP contribution in [-0.4, -0.2) is 11.9 Å². The van der Waals surface area contributed by atoms with Gasteiger partial charge in [-0.15, -0.1) is 0 Å². The molecule has 0 radical (unpaired) electrons. The number of anilines is 1. The van der Waals surface area contributed by atoms with Gasteiger partial charge < -0.3 is 10.6 Å². The van der Waals surface area contributed by atoms with E-state index in [2.05, 4.69) is 17.6 Å². The number of nitrogens with one attached hydrogen (secondary N) is 2. The van der Waals surface area contributed by atoms with Crippen LogP contribution in [0.5, 0.6) is 0 Å². The molecule has 3 nitrogen and oxygen atoms in total. The summed E-state index contributed by atoms with van der Waals surface area (Å²) in [5.41, 5.74) is 2.02. The Kier molecular flexibility index (Phi) is 3.06. The Morgan fingerprint density at radius 1 is 1.56 bits per heavy atom. The summed E-state index contributed by atoms with van der Waals surface area (Å²) in [6, 6.07) is 6.14. The predicted molar refractivity (Wildman–Crippen MR) is 65.7 cm³/mol. The third kappa shape index (κ3) is 2.14. The van der Waals surface area contributed by atoms with Gasteiger partial charge in [0, 0.05) is 13.0 Å². The first kappa shape index (κ1) is 11.3. The van der Waals surface area contributed by atoms with Gasteiger partial charge >= 0.3 is 0 Å². The van der Waals surface area contributed by atoms with Gasteiger partial charge in [-0.3, -0.25) is 4.79 Å². The van der Waals surface area contributed by atoms with E-state index in [-0.39, 0.29) is 11.9 Å². The van der Waals surface area contributed by atoms with Crippen LogP contribution in [0.1, 0.15) is 31.9 Å². The van der Waals surface area contributed by atoms with Crippen molar-refractivity contribution in [2.24, 2.45) is 0 Å². The fourth-order valence-corrected chi connectivity index (χ4v) is 2.39. The number of halogens is 1. The lowest BCUT2D eigenvalue weighted by Crippen LogP contribution is -2.35. The summed E-state index contributed by atoms with van der Waals surface area (Å²) in [7, 11) is 0. The molecule has 2 N–H and O–H groups in total. The van der Waals surface area contributed by atoms with Crippen LogP contribution < -0.4 is 10.6 Å². The molecule has 0 aromatic heterocycles. The molecule has 2 rings (SSSR count). The molecule has 0 bridgehead atoms. The van der Waals surface area contributed by atoms with E-state index in [1.807, 2.05) is 18.2 Å². The van der Waals surface area contributed by atoms with E-state index in [9.17, 15) is 4.79 Å². The quantitative estimate of drug-likeness (QED) is 0.790. The first-order valence-corrected chi connectivity index (χ1v) is 5.77. The maximum atomic E-state index is 11.1. The molecule has 1 amide bonds. The summed E-state index contributed by atoms with van der Waals surface area (Å²) in [6.07, 6.45) is 0.882. The van der Waals surface area contributed by atoms with Crippen LogP contribution in [0.4, 0.5) is 5.69 Å². The normalized spacial score (nSPS) is 23.2. The molecule has 16 heavy (non-hydrogen) atoms. The van der Waals surface area contributed by atoms with Crippen LogP contribution in [0, 0.1) is 0 Å². The summed E-state index contributed by atoms with van der Waals surface area (Å²) in [5, 5.41) is 7.01. The molecule has 2 atom stereocenters. The van der Waals surface area contributed by atoms with Gasteiger partial charge in [0.15, 0.2) is 0 Å².